The highest BCUT2D eigenvalue weighted by atomic mass is 16.3. The molecule has 1 heterocycles. The van der Waals surface area contributed by atoms with Gasteiger partial charge in [0.1, 0.15) is 0 Å². The van der Waals surface area contributed by atoms with Gasteiger partial charge in [-0.05, 0) is 68.6 Å². The van der Waals surface area contributed by atoms with Crippen LogP contribution < -0.4 is 0 Å². The number of hydrogen-bond acceptors (Lipinski definition) is 4. The Morgan fingerprint density at radius 3 is 2.53 bits per heavy atom. The quantitative estimate of drug-likeness (QED) is 0.340. The van der Waals surface area contributed by atoms with Crippen LogP contribution in [-0.2, 0) is 12.8 Å². The molecule has 0 spiro atoms. The normalized spacial score (nSPS) is 12.7. The number of aromatic nitrogens is 1. The van der Waals surface area contributed by atoms with E-state index in [1.807, 2.05) is 36.7 Å². The molecule has 1 N–H and O–H groups in total. The van der Waals surface area contributed by atoms with Crippen LogP contribution in [0.3, 0.4) is 0 Å². The molecule has 1 atom stereocenters. The Labute approximate surface area is 183 Å². The lowest BCUT2D eigenvalue weighted by Gasteiger charge is -2.17. The third-order valence-electron chi connectivity index (χ3n) is 5.62. The van der Waals surface area contributed by atoms with Crippen molar-refractivity contribution >= 4 is 6.21 Å². The molecule has 0 bridgehead atoms. The minimum Gasteiger partial charge on any atom is -0.396 e. The number of aliphatic hydroxyl groups is 1. The van der Waals surface area contributed by atoms with Gasteiger partial charge in [-0.2, -0.15) is 0 Å². The monoisotopic (exact) mass is 409 g/mol. The maximum Gasteiger partial charge on any atom is 0.0480 e. The van der Waals surface area contributed by atoms with Crippen LogP contribution in [0.1, 0.15) is 56.4 Å². The summed E-state index contributed by atoms with van der Waals surface area (Å²) in [6, 6.07) is 14.4. The van der Waals surface area contributed by atoms with Crippen molar-refractivity contribution < 1.29 is 5.11 Å². The molecule has 1 aromatic carbocycles. The fourth-order valence-corrected chi connectivity index (χ4v) is 3.69. The van der Waals surface area contributed by atoms with E-state index in [-0.39, 0.29) is 12.5 Å². The van der Waals surface area contributed by atoms with Crippen LogP contribution in [0.4, 0.5) is 0 Å². The average molecular weight is 410 g/mol. The van der Waals surface area contributed by atoms with Gasteiger partial charge in [0.05, 0.1) is 0 Å². The van der Waals surface area contributed by atoms with Gasteiger partial charge < -0.3 is 10.0 Å². The Hall–Kier alpha value is -2.04. The summed E-state index contributed by atoms with van der Waals surface area (Å²) in [5, 5.41) is 9.66. The second-order valence-electron chi connectivity index (χ2n) is 8.00. The van der Waals surface area contributed by atoms with Gasteiger partial charge >= 0.3 is 0 Å². The summed E-state index contributed by atoms with van der Waals surface area (Å²) in [5.41, 5.74) is 3.48. The molecule has 0 aliphatic rings. The minimum absolute atomic E-state index is 0.154. The molecule has 30 heavy (non-hydrogen) atoms. The highest BCUT2D eigenvalue weighted by Crippen LogP contribution is 2.10. The zero-order valence-corrected chi connectivity index (χ0v) is 18.8. The van der Waals surface area contributed by atoms with Crippen LogP contribution in [0, 0.1) is 5.92 Å². The van der Waals surface area contributed by atoms with E-state index in [1.54, 1.807) is 0 Å². The first-order valence-electron chi connectivity index (χ1n) is 11.6. The zero-order valence-electron chi connectivity index (χ0n) is 18.8. The second kappa shape index (κ2) is 14.9. The largest absolute Gasteiger partial charge is 0.396 e. The van der Waals surface area contributed by atoms with Crippen LogP contribution in [0.5, 0.6) is 0 Å². The molecule has 4 heteroatoms. The number of aliphatic imine (C=N–C) groups is 1. The van der Waals surface area contributed by atoms with Crippen LogP contribution >= 0.6 is 0 Å². The summed E-state index contributed by atoms with van der Waals surface area (Å²) >= 11 is 0. The van der Waals surface area contributed by atoms with Gasteiger partial charge in [-0.1, -0.05) is 57.0 Å². The highest BCUT2D eigenvalue weighted by molar-refractivity contribution is 5.79. The molecular formula is C26H39N3O. The van der Waals surface area contributed by atoms with Crippen molar-refractivity contribution in [3.63, 3.8) is 0 Å². The molecule has 0 saturated heterocycles. The molecule has 0 amide bonds. The average Bonchev–Trinajstić information content (AvgIpc) is 2.79. The fourth-order valence-electron chi connectivity index (χ4n) is 3.69. The number of nitrogens with zero attached hydrogens (tertiary/aromatic N) is 3. The first-order valence-corrected chi connectivity index (χ1v) is 11.6. The minimum atomic E-state index is 0.154. The third kappa shape index (κ3) is 9.64. The van der Waals surface area contributed by atoms with E-state index < -0.39 is 0 Å². The molecule has 1 unspecified atom stereocenters. The second-order valence-corrected chi connectivity index (χ2v) is 8.00. The number of aliphatic hydroxyl groups excluding tert-OH is 1. The van der Waals surface area contributed by atoms with Gasteiger partial charge in [0.15, 0.2) is 0 Å². The van der Waals surface area contributed by atoms with Gasteiger partial charge in [0.2, 0.25) is 0 Å². The zero-order chi connectivity index (χ0) is 21.4. The first kappa shape index (κ1) is 24.2. The van der Waals surface area contributed by atoms with Crippen LogP contribution in [-0.4, -0.2) is 54.0 Å². The first-order chi connectivity index (χ1) is 14.7. The summed E-state index contributed by atoms with van der Waals surface area (Å²) in [7, 11) is 0. The summed E-state index contributed by atoms with van der Waals surface area (Å²) in [6.45, 7) is 8.78. The van der Waals surface area contributed by atoms with E-state index in [2.05, 4.69) is 46.9 Å². The van der Waals surface area contributed by atoms with E-state index in [0.29, 0.717) is 6.54 Å². The van der Waals surface area contributed by atoms with Gasteiger partial charge in [0.25, 0.3) is 0 Å². The van der Waals surface area contributed by atoms with Crippen molar-refractivity contribution in [3.05, 3.63) is 65.5 Å². The predicted octanol–water partition coefficient (Wildman–Crippen LogP) is 4.80. The Kier molecular flexibility index (Phi) is 12.0. The smallest absolute Gasteiger partial charge is 0.0480 e. The Morgan fingerprint density at radius 2 is 1.80 bits per heavy atom. The molecule has 0 aliphatic heterocycles. The number of unbranched alkanes of at least 4 members (excludes halogenated alkanes) is 3. The van der Waals surface area contributed by atoms with Gasteiger partial charge in [-0.3, -0.25) is 9.98 Å². The van der Waals surface area contributed by atoms with Crippen LogP contribution in [0.15, 0.2) is 53.7 Å². The third-order valence-corrected chi connectivity index (χ3v) is 5.62. The lowest BCUT2D eigenvalue weighted by Crippen LogP contribution is -2.23. The van der Waals surface area contributed by atoms with Gasteiger partial charge in [-0.15, -0.1) is 0 Å². The van der Waals surface area contributed by atoms with Crippen LogP contribution in [0.25, 0.3) is 0 Å². The summed E-state index contributed by atoms with van der Waals surface area (Å²) < 4.78 is 0. The SMILES string of the molecule is CCN(CC)CCCCCCc1cc(C=NCC(CO)Cc2ccccc2)ccn1. The highest BCUT2D eigenvalue weighted by Gasteiger charge is 2.07. The van der Waals surface area contributed by atoms with Gasteiger partial charge in [0, 0.05) is 37.2 Å². The molecule has 2 aromatic rings. The van der Waals surface area contributed by atoms with Crippen molar-refractivity contribution in [2.45, 2.75) is 52.4 Å². The molecule has 0 fully saturated rings. The van der Waals surface area contributed by atoms with Crippen LogP contribution in [0.2, 0.25) is 0 Å². The van der Waals surface area contributed by atoms with Crippen molar-refractivity contribution in [2.75, 3.05) is 32.8 Å². The van der Waals surface area contributed by atoms with E-state index in [1.165, 1.54) is 37.8 Å². The lowest BCUT2D eigenvalue weighted by molar-refractivity contribution is 0.230. The van der Waals surface area contributed by atoms with Crippen molar-refractivity contribution in [3.8, 4) is 0 Å². The van der Waals surface area contributed by atoms with Crippen molar-refractivity contribution in [1.29, 1.82) is 0 Å². The topological polar surface area (TPSA) is 48.7 Å². The number of pyridine rings is 1. The molecule has 4 nitrogen and oxygen atoms in total. The standard InChI is InChI=1S/C26H39N3O/c1-3-29(4-2)17-11-6-5-10-14-26-19-24(15-16-28-26)20-27-21-25(22-30)18-23-12-8-7-9-13-23/h7-9,12-13,15-16,19-20,25,30H,3-6,10-11,14,17-18,21-22H2,1-2H3. The summed E-state index contributed by atoms with van der Waals surface area (Å²) in [6.07, 6.45) is 10.7. The molecule has 1 aromatic heterocycles. The van der Waals surface area contributed by atoms with E-state index >= 15 is 0 Å². The van der Waals surface area contributed by atoms with E-state index in [9.17, 15) is 5.11 Å². The summed E-state index contributed by atoms with van der Waals surface area (Å²) in [4.78, 5) is 11.6. The Morgan fingerprint density at radius 1 is 1.03 bits per heavy atom. The predicted molar refractivity (Wildman–Crippen MR) is 127 cm³/mol. The maximum absolute atomic E-state index is 9.66. The number of benzene rings is 1. The lowest BCUT2D eigenvalue weighted by atomic mass is 10.0. The fraction of sp³-hybridized carbons (Fsp3) is 0.538. The Bertz CT molecular complexity index is 713. The van der Waals surface area contributed by atoms with Crippen molar-refractivity contribution in [2.24, 2.45) is 10.9 Å². The van der Waals surface area contributed by atoms with Crippen molar-refractivity contribution in [1.82, 2.24) is 9.88 Å². The Balaban J connectivity index is 1.71. The molecule has 164 valence electrons. The van der Waals surface area contributed by atoms with E-state index in [4.69, 9.17) is 0 Å². The number of aryl methyl sites for hydroxylation is 1. The molecular weight excluding hydrogens is 370 g/mol. The molecule has 2 rings (SSSR count). The molecule has 0 radical (unpaired) electrons. The number of hydrogen-bond donors (Lipinski definition) is 1. The molecule has 0 saturated carbocycles. The molecule has 0 aliphatic carbocycles. The number of rotatable bonds is 15. The van der Waals surface area contributed by atoms with Gasteiger partial charge in [-0.25, -0.2) is 0 Å². The van der Waals surface area contributed by atoms with E-state index in [0.717, 1.165) is 37.2 Å². The summed E-state index contributed by atoms with van der Waals surface area (Å²) in [5.74, 6) is 0.154. The maximum atomic E-state index is 9.66.